The zero-order valence-corrected chi connectivity index (χ0v) is 15.0. The van der Waals surface area contributed by atoms with Crippen LogP contribution in [0, 0.1) is 11.3 Å². The third-order valence-electron chi connectivity index (χ3n) is 3.76. The minimum Gasteiger partial charge on any atom is -0.496 e. The molecule has 0 fully saturated rings. The van der Waals surface area contributed by atoms with E-state index in [1.54, 1.807) is 13.2 Å². The number of benzene rings is 2. The lowest BCUT2D eigenvalue weighted by Crippen LogP contribution is -2.38. The van der Waals surface area contributed by atoms with Crippen LogP contribution in [-0.4, -0.2) is 31.6 Å². The summed E-state index contributed by atoms with van der Waals surface area (Å²) >= 11 is 0. The lowest BCUT2D eigenvalue weighted by atomic mass is 10.1. The Hall–Kier alpha value is -3.00. The molecule has 0 heterocycles. The van der Waals surface area contributed by atoms with Crippen LogP contribution in [0.2, 0.25) is 0 Å². The topological polar surface area (TPSA) is 60.7 Å². The molecule has 0 aliphatic rings. The van der Waals surface area contributed by atoms with Crippen LogP contribution in [0.5, 0.6) is 5.75 Å². The lowest BCUT2D eigenvalue weighted by molar-refractivity contribution is 0.396. The Bertz CT molecular complexity index is 764. The normalized spacial score (nSPS) is 10.9. The zero-order valence-electron chi connectivity index (χ0n) is 15.0. The van der Waals surface area contributed by atoms with Gasteiger partial charge in [-0.2, -0.15) is 5.26 Å². The van der Waals surface area contributed by atoms with E-state index in [-0.39, 0.29) is 0 Å². The van der Waals surface area contributed by atoms with Gasteiger partial charge in [-0.1, -0.05) is 30.3 Å². The molecule has 0 aromatic heterocycles. The molecule has 0 saturated carbocycles. The Balaban J connectivity index is 2.14. The van der Waals surface area contributed by atoms with Gasteiger partial charge in [0.25, 0.3) is 0 Å². The monoisotopic (exact) mass is 336 g/mol. The number of para-hydroxylation sites is 1. The van der Waals surface area contributed by atoms with Gasteiger partial charge in [-0.15, -0.1) is 0 Å². The van der Waals surface area contributed by atoms with Crippen molar-refractivity contribution < 1.29 is 4.74 Å². The van der Waals surface area contributed by atoms with Gasteiger partial charge in [-0.3, -0.25) is 0 Å². The maximum Gasteiger partial charge on any atom is 0.194 e. The molecule has 2 aromatic rings. The third-order valence-corrected chi connectivity index (χ3v) is 3.76. The maximum atomic E-state index is 9.01. The minimum atomic E-state index is 0.522. The molecule has 0 bridgehead atoms. The van der Waals surface area contributed by atoms with Crippen molar-refractivity contribution in [2.75, 3.05) is 20.7 Å². The predicted octanol–water partition coefficient (Wildman–Crippen LogP) is 3.16. The zero-order chi connectivity index (χ0) is 18.1. The van der Waals surface area contributed by atoms with E-state index in [4.69, 9.17) is 15.0 Å². The van der Waals surface area contributed by atoms with Crippen molar-refractivity contribution in [3.63, 3.8) is 0 Å². The molecule has 130 valence electrons. The highest BCUT2D eigenvalue weighted by atomic mass is 16.5. The number of nitriles is 1. The second kappa shape index (κ2) is 9.33. The summed E-state index contributed by atoms with van der Waals surface area (Å²) in [6, 6.07) is 17.7. The number of guanidine groups is 1. The molecule has 1 N–H and O–H groups in total. The summed E-state index contributed by atoms with van der Waals surface area (Å²) in [5.74, 6) is 1.68. The van der Waals surface area contributed by atoms with Crippen LogP contribution < -0.4 is 10.1 Å². The molecule has 0 saturated heterocycles. The van der Waals surface area contributed by atoms with Crippen LogP contribution in [0.15, 0.2) is 53.5 Å². The van der Waals surface area contributed by atoms with Crippen molar-refractivity contribution in [1.82, 2.24) is 10.2 Å². The lowest BCUT2D eigenvalue weighted by Gasteiger charge is -2.23. The highest BCUT2D eigenvalue weighted by molar-refractivity contribution is 5.79. The van der Waals surface area contributed by atoms with E-state index in [0.29, 0.717) is 18.7 Å². The first-order valence-electron chi connectivity index (χ1n) is 8.28. The van der Waals surface area contributed by atoms with Gasteiger partial charge in [-0.05, 0) is 30.7 Å². The summed E-state index contributed by atoms with van der Waals surface area (Å²) in [5.41, 5.74) is 2.77. The number of aliphatic imine (C=N–C) groups is 1. The standard InChI is InChI=1S/C20H24N4O/c1-4-22-20(23-14-17-9-7-8-16(12-17)13-21)24(2)15-18-10-5-6-11-19(18)25-3/h5-12H,4,14-15H2,1-3H3,(H,22,23). The van der Waals surface area contributed by atoms with Crippen molar-refractivity contribution in [2.24, 2.45) is 4.99 Å². The molecule has 2 rings (SSSR count). The molecule has 0 unspecified atom stereocenters. The summed E-state index contributed by atoms with van der Waals surface area (Å²) in [6.07, 6.45) is 0. The molecule has 25 heavy (non-hydrogen) atoms. The average molecular weight is 336 g/mol. The highest BCUT2D eigenvalue weighted by Gasteiger charge is 2.09. The molecule has 5 nitrogen and oxygen atoms in total. The van der Waals surface area contributed by atoms with E-state index < -0.39 is 0 Å². The molecular formula is C20H24N4O. The number of nitrogens with one attached hydrogen (secondary N) is 1. The summed E-state index contributed by atoms with van der Waals surface area (Å²) in [4.78, 5) is 6.76. The molecule has 2 aromatic carbocycles. The van der Waals surface area contributed by atoms with Crippen LogP contribution in [-0.2, 0) is 13.1 Å². The fraction of sp³-hybridized carbons (Fsp3) is 0.300. The molecular weight excluding hydrogens is 312 g/mol. The van der Waals surface area contributed by atoms with Gasteiger partial charge in [0.15, 0.2) is 5.96 Å². The summed E-state index contributed by atoms with van der Waals surface area (Å²) in [6.45, 7) is 4.04. The Labute approximate surface area is 149 Å². The fourth-order valence-electron chi connectivity index (χ4n) is 2.54. The predicted molar refractivity (Wildman–Crippen MR) is 100 cm³/mol. The first kappa shape index (κ1) is 18.3. The van der Waals surface area contributed by atoms with Gasteiger partial charge in [0.2, 0.25) is 0 Å². The van der Waals surface area contributed by atoms with Gasteiger partial charge >= 0.3 is 0 Å². The molecule has 0 spiro atoms. The Morgan fingerprint density at radius 1 is 1.24 bits per heavy atom. The molecule has 0 atom stereocenters. The minimum absolute atomic E-state index is 0.522. The van der Waals surface area contributed by atoms with Crippen molar-refractivity contribution in [2.45, 2.75) is 20.0 Å². The molecule has 5 heteroatoms. The molecule has 0 amide bonds. The van der Waals surface area contributed by atoms with Crippen molar-refractivity contribution in [3.8, 4) is 11.8 Å². The van der Waals surface area contributed by atoms with Crippen LogP contribution in [0.25, 0.3) is 0 Å². The summed E-state index contributed by atoms with van der Waals surface area (Å²) in [7, 11) is 3.68. The quantitative estimate of drug-likeness (QED) is 0.650. The Morgan fingerprint density at radius 2 is 2.04 bits per heavy atom. The van der Waals surface area contributed by atoms with E-state index in [1.807, 2.05) is 50.4 Å². The second-order valence-electron chi connectivity index (χ2n) is 5.65. The maximum absolute atomic E-state index is 9.01. The first-order chi connectivity index (χ1) is 12.2. The van der Waals surface area contributed by atoms with E-state index >= 15 is 0 Å². The first-order valence-corrected chi connectivity index (χ1v) is 8.28. The Kier molecular flexibility index (Phi) is 6.85. The smallest absolute Gasteiger partial charge is 0.194 e. The number of hydrogen-bond acceptors (Lipinski definition) is 3. The number of rotatable bonds is 6. The van der Waals surface area contributed by atoms with E-state index in [1.165, 1.54) is 0 Å². The number of ether oxygens (including phenoxy) is 1. The van der Waals surface area contributed by atoms with E-state index in [0.717, 1.165) is 29.4 Å². The molecule has 0 aliphatic heterocycles. The van der Waals surface area contributed by atoms with Crippen LogP contribution in [0.1, 0.15) is 23.6 Å². The summed E-state index contributed by atoms with van der Waals surface area (Å²) in [5, 5.41) is 12.3. The number of hydrogen-bond donors (Lipinski definition) is 1. The molecule has 0 radical (unpaired) electrons. The van der Waals surface area contributed by atoms with Crippen LogP contribution in [0.3, 0.4) is 0 Å². The fourth-order valence-corrected chi connectivity index (χ4v) is 2.54. The Morgan fingerprint density at radius 3 is 2.76 bits per heavy atom. The summed E-state index contributed by atoms with van der Waals surface area (Å²) < 4.78 is 5.42. The van der Waals surface area contributed by atoms with Crippen LogP contribution in [0.4, 0.5) is 0 Å². The van der Waals surface area contributed by atoms with Crippen LogP contribution >= 0.6 is 0 Å². The van der Waals surface area contributed by atoms with E-state index in [2.05, 4.69) is 22.4 Å². The SMILES string of the molecule is CCNC(=NCc1cccc(C#N)c1)N(C)Cc1ccccc1OC. The van der Waals surface area contributed by atoms with Gasteiger partial charge in [0.05, 0.1) is 25.3 Å². The number of nitrogens with zero attached hydrogens (tertiary/aromatic N) is 3. The average Bonchev–Trinajstić information content (AvgIpc) is 2.65. The highest BCUT2D eigenvalue weighted by Crippen LogP contribution is 2.18. The second-order valence-corrected chi connectivity index (χ2v) is 5.65. The van der Waals surface area contributed by atoms with Gasteiger partial charge in [0.1, 0.15) is 5.75 Å². The van der Waals surface area contributed by atoms with Crippen molar-refractivity contribution >= 4 is 5.96 Å². The number of methoxy groups -OCH3 is 1. The van der Waals surface area contributed by atoms with Gasteiger partial charge in [-0.25, -0.2) is 4.99 Å². The van der Waals surface area contributed by atoms with Crippen molar-refractivity contribution in [3.05, 3.63) is 65.2 Å². The third kappa shape index (κ3) is 5.25. The van der Waals surface area contributed by atoms with Gasteiger partial charge < -0.3 is 15.0 Å². The van der Waals surface area contributed by atoms with E-state index in [9.17, 15) is 0 Å². The van der Waals surface area contributed by atoms with Crippen molar-refractivity contribution in [1.29, 1.82) is 5.26 Å². The largest absolute Gasteiger partial charge is 0.496 e. The van der Waals surface area contributed by atoms with Gasteiger partial charge in [0, 0.05) is 25.7 Å². The molecule has 0 aliphatic carbocycles.